The minimum Gasteiger partial charge on any atom is -0.453 e. The highest BCUT2D eigenvalue weighted by atomic mass is 16.5. The molecule has 1 heterocycles. The molecule has 0 aliphatic carbocycles. The van der Waals surface area contributed by atoms with E-state index < -0.39 is 6.09 Å². The molecule has 0 unspecified atom stereocenters. The Labute approximate surface area is 138 Å². The highest BCUT2D eigenvalue weighted by Gasteiger charge is 2.13. The van der Waals surface area contributed by atoms with Gasteiger partial charge in [-0.3, -0.25) is 10.1 Å². The smallest absolute Gasteiger partial charge is 0.411 e. The van der Waals surface area contributed by atoms with Crippen molar-refractivity contribution in [1.29, 1.82) is 0 Å². The third kappa shape index (κ3) is 3.19. The van der Waals surface area contributed by atoms with Crippen molar-refractivity contribution in [3.05, 3.63) is 42.5 Å². The maximum atomic E-state index is 11.5. The number of aromatic amines is 1. The molecule has 0 fully saturated rings. The Morgan fingerprint density at radius 1 is 1.12 bits per heavy atom. The van der Waals surface area contributed by atoms with E-state index in [1.165, 1.54) is 14.0 Å². The van der Waals surface area contributed by atoms with Crippen molar-refractivity contribution in [2.45, 2.75) is 6.92 Å². The fraction of sp³-hybridized carbons (Fsp3) is 0.118. The molecule has 1 aromatic heterocycles. The summed E-state index contributed by atoms with van der Waals surface area (Å²) >= 11 is 0. The molecule has 0 aliphatic rings. The van der Waals surface area contributed by atoms with E-state index in [0.717, 1.165) is 5.56 Å². The predicted octanol–water partition coefficient (Wildman–Crippen LogP) is 3.37. The predicted molar refractivity (Wildman–Crippen MR) is 91.9 cm³/mol. The van der Waals surface area contributed by atoms with Gasteiger partial charge in [0.25, 0.3) is 0 Å². The van der Waals surface area contributed by atoms with Gasteiger partial charge in [-0.15, -0.1) is 0 Å². The molecule has 7 nitrogen and oxygen atoms in total. The summed E-state index contributed by atoms with van der Waals surface area (Å²) in [4.78, 5) is 30.7. The molecule has 0 aliphatic heterocycles. The summed E-state index contributed by atoms with van der Waals surface area (Å²) in [5.41, 5.74) is 3.21. The number of amides is 2. The van der Waals surface area contributed by atoms with Crippen LogP contribution in [0.15, 0.2) is 42.5 Å². The molecule has 2 aromatic carbocycles. The fourth-order valence-corrected chi connectivity index (χ4v) is 2.38. The molecule has 0 bridgehead atoms. The molecule has 3 rings (SSSR count). The minimum atomic E-state index is -0.592. The number of methoxy groups -OCH3 is 1. The van der Waals surface area contributed by atoms with Crippen LogP contribution in [0.4, 0.5) is 16.2 Å². The molecule has 24 heavy (non-hydrogen) atoms. The Hall–Kier alpha value is -3.35. The summed E-state index contributed by atoms with van der Waals surface area (Å²) < 4.78 is 4.60. The van der Waals surface area contributed by atoms with Gasteiger partial charge in [0.1, 0.15) is 11.3 Å². The molecular weight excluding hydrogens is 308 g/mol. The lowest BCUT2D eigenvalue weighted by atomic mass is 10.2. The molecule has 0 spiro atoms. The van der Waals surface area contributed by atoms with Crippen molar-refractivity contribution < 1.29 is 14.3 Å². The quantitative estimate of drug-likeness (QED) is 0.688. The molecule has 7 heteroatoms. The van der Waals surface area contributed by atoms with Crippen LogP contribution < -0.4 is 10.6 Å². The van der Waals surface area contributed by atoms with Crippen LogP contribution in [0.5, 0.6) is 0 Å². The second-order valence-corrected chi connectivity index (χ2v) is 5.17. The monoisotopic (exact) mass is 324 g/mol. The molecule has 0 radical (unpaired) electrons. The Balaban J connectivity index is 2.11. The van der Waals surface area contributed by atoms with Crippen LogP contribution in [0, 0.1) is 0 Å². The number of carbonyl (C=O) groups excluding carboxylic acids is 2. The van der Waals surface area contributed by atoms with E-state index in [-0.39, 0.29) is 5.91 Å². The molecule has 3 aromatic rings. The van der Waals surface area contributed by atoms with Gasteiger partial charge in [-0.25, -0.2) is 9.78 Å². The molecule has 122 valence electrons. The van der Waals surface area contributed by atoms with Crippen LogP contribution in [-0.2, 0) is 9.53 Å². The third-order valence-corrected chi connectivity index (χ3v) is 3.38. The Morgan fingerprint density at radius 3 is 2.54 bits per heavy atom. The number of hydrogen-bond donors (Lipinski definition) is 3. The van der Waals surface area contributed by atoms with Gasteiger partial charge < -0.3 is 15.0 Å². The van der Waals surface area contributed by atoms with Crippen LogP contribution in [0.1, 0.15) is 6.92 Å². The molecule has 0 atom stereocenters. The lowest BCUT2D eigenvalue weighted by Gasteiger charge is -2.08. The third-order valence-electron chi connectivity index (χ3n) is 3.38. The number of hydrogen-bond acceptors (Lipinski definition) is 4. The van der Waals surface area contributed by atoms with Gasteiger partial charge in [0.05, 0.1) is 18.3 Å². The number of aromatic nitrogens is 2. The highest BCUT2D eigenvalue weighted by Crippen LogP contribution is 2.29. The van der Waals surface area contributed by atoms with E-state index in [4.69, 9.17) is 0 Å². The first kappa shape index (κ1) is 15.5. The van der Waals surface area contributed by atoms with Crippen LogP contribution in [0.25, 0.3) is 22.4 Å². The molecule has 3 N–H and O–H groups in total. The van der Waals surface area contributed by atoms with Crippen molar-refractivity contribution in [3.8, 4) is 11.4 Å². The van der Waals surface area contributed by atoms with Crippen molar-refractivity contribution in [2.75, 3.05) is 17.7 Å². The summed E-state index contributed by atoms with van der Waals surface area (Å²) in [7, 11) is 1.28. The second kappa shape index (κ2) is 6.41. The van der Waals surface area contributed by atoms with Gasteiger partial charge in [-0.1, -0.05) is 30.3 Å². The number of fused-ring (bicyclic) bond motifs is 1. The number of ether oxygens (including phenoxy) is 1. The lowest BCUT2D eigenvalue weighted by Crippen LogP contribution is -2.12. The van der Waals surface area contributed by atoms with E-state index in [2.05, 4.69) is 25.3 Å². The SMILES string of the molecule is COC(=O)Nc1cc(NC(C)=O)c2nc(-c3ccccc3)[nH]c2c1. The summed E-state index contributed by atoms with van der Waals surface area (Å²) in [6.07, 6.45) is -0.592. The average Bonchev–Trinajstić information content (AvgIpc) is 2.99. The number of H-pyrrole nitrogens is 1. The topological polar surface area (TPSA) is 96.1 Å². The number of imidazole rings is 1. The molecule has 0 saturated carbocycles. The van der Waals surface area contributed by atoms with Crippen molar-refractivity contribution >= 4 is 34.4 Å². The zero-order valence-electron chi connectivity index (χ0n) is 13.2. The maximum absolute atomic E-state index is 11.5. The first-order valence-corrected chi connectivity index (χ1v) is 7.28. The van der Waals surface area contributed by atoms with E-state index in [9.17, 15) is 9.59 Å². The first-order chi connectivity index (χ1) is 11.6. The van der Waals surface area contributed by atoms with Gasteiger partial charge in [-0.2, -0.15) is 0 Å². The van der Waals surface area contributed by atoms with E-state index in [1.807, 2.05) is 30.3 Å². The van der Waals surface area contributed by atoms with Crippen molar-refractivity contribution in [1.82, 2.24) is 9.97 Å². The second-order valence-electron chi connectivity index (χ2n) is 5.17. The normalized spacial score (nSPS) is 10.4. The summed E-state index contributed by atoms with van der Waals surface area (Å²) in [5, 5.41) is 5.32. The number of nitrogens with zero attached hydrogens (tertiary/aromatic N) is 1. The Kier molecular flexibility index (Phi) is 4.15. The van der Waals surface area contributed by atoms with Crippen LogP contribution in [0.2, 0.25) is 0 Å². The first-order valence-electron chi connectivity index (χ1n) is 7.28. The summed E-state index contributed by atoms with van der Waals surface area (Å²) in [5.74, 6) is 0.447. The van der Waals surface area contributed by atoms with Crippen LogP contribution >= 0.6 is 0 Å². The van der Waals surface area contributed by atoms with Gasteiger partial charge in [0.2, 0.25) is 5.91 Å². The van der Waals surface area contributed by atoms with Crippen LogP contribution in [0.3, 0.4) is 0 Å². The van der Waals surface area contributed by atoms with Crippen LogP contribution in [-0.4, -0.2) is 29.1 Å². The van der Waals surface area contributed by atoms with Gasteiger partial charge >= 0.3 is 6.09 Å². The van der Waals surface area contributed by atoms with E-state index in [1.54, 1.807) is 12.1 Å². The maximum Gasteiger partial charge on any atom is 0.411 e. The standard InChI is InChI=1S/C17H16N4O3/c1-10(22)18-13-8-12(19-17(23)24-2)9-14-15(13)21-16(20-14)11-6-4-3-5-7-11/h3-9H,1-2H3,(H,18,22)(H,19,23)(H,20,21). The molecule has 0 saturated heterocycles. The molecule has 2 amide bonds. The van der Waals surface area contributed by atoms with Crippen molar-refractivity contribution in [3.63, 3.8) is 0 Å². The fourth-order valence-electron chi connectivity index (χ4n) is 2.38. The van der Waals surface area contributed by atoms with Crippen molar-refractivity contribution in [2.24, 2.45) is 0 Å². The van der Waals surface area contributed by atoms with Gasteiger partial charge in [-0.05, 0) is 12.1 Å². The summed E-state index contributed by atoms with van der Waals surface area (Å²) in [6.45, 7) is 1.41. The number of anilines is 2. The lowest BCUT2D eigenvalue weighted by molar-refractivity contribution is -0.114. The largest absolute Gasteiger partial charge is 0.453 e. The Bertz CT molecular complexity index is 903. The zero-order valence-corrected chi connectivity index (χ0v) is 13.2. The Morgan fingerprint density at radius 2 is 1.88 bits per heavy atom. The van der Waals surface area contributed by atoms with Gasteiger partial charge in [0, 0.05) is 18.2 Å². The number of carbonyl (C=O) groups is 2. The minimum absolute atomic E-state index is 0.226. The number of rotatable bonds is 3. The zero-order chi connectivity index (χ0) is 17.1. The van der Waals surface area contributed by atoms with E-state index in [0.29, 0.717) is 28.2 Å². The van der Waals surface area contributed by atoms with E-state index >= 15 is 0 Å². The van der Waals surface area contributed by atoms with Gasteiger partial charge in [0.15, 0.2) is 0 Å². The highest BCUT2D eigenvalue weighted by molar-refractivity contribution is 6.02. The summed E-state index contributed by atoms with van der Waals surface area (Å²) in [6, 6.07) is 13.0. The molecular formula is C17H16N4O3. The number of nitrogens with one attached hydrogen (secondary N) is 3. The average molecular weight is 324 g/mol. The number of benzene rings is 2.